The summed E-state index contributed by atoms with van der Waals surface area (Å²) in [5, 5.41) is 0.603. The predicted octanol–water partition coefficient (Wildman–Crippen LogP) is 3.60. The van der Waals surface area contributed by atoms with Crippen LogP contribution >= 0.6 is 11.8 Å². The quantitative estimate of drug-likeness (QED) is 0.847. The molecule has 1 saturated carbocycles. The Hall–Kier alpha value is -0.470. The molecule has 0 aromatic heterocycles. The summed E-state index contributed by atoms with van der Waals surface area (Å²) in [7, 11) is 0. The number of hydrogen-bond acceptors (Lipinski definition) is 2. The first-order chi connectivity index (χ1) is 7.65. The lowest BCUT2D eigenvalue weighted by Gasteiger charge is -2.32. The van der Waals surface area contributed by atoms with Gasteiger partial charge in [0.1, 0.15) is 0 Å². The van der Waals surface area contributed by atoms with Crippen LogP contribution in [0.1, 0.15) is 31.7 Å². The first-order valence-corrected chi connectivity index (χ1v) is 7.02. The van der Waals surface area contributed by atoms with Crippen LogP contribution in [0.3, 0.4) is 0 Å². The zero-order valence-electron chi connectivity index (χ0n) is 10.1. The molecule has 2 rings (SSSR count). The minimum absolute atomic E-state index is 0.377. The summed E-state index contributed by atoms with van der Waals surface area (Å²) in [6.45, 7) is 4.47. The topological polar surface area (TPSA) is 26.0 Å². The van der Waals surface area contributed by atoms with E-state index in [1.54, 1.807) is 0 Å². The van der Waals surface area contributed by atoms with E-state index in [9.17, 15) is 0 Å². The summed E-state index contributed by atoms with van der Waals surface area (Å²) in [6.07, 6.45) is 3.75. The van der Waals surface area contributed by atoms with Crippen molar-refractivity contribution in [2.75, 3.05) is 0 Å². The van der Waals surface area contributed by atoms with Gasteiger partial charge in [-0.15, -0.1) is 11.8 Å². The van der Waals surface area contributed by atoms with Crippen LogP contribution in [-0.4, -0.2) is 11.3 Å². The first kappa shape index (κ1) is 12.0. The zero-order valence-corrected chi connectivity index (χ0v) is 11.0. The fourth-order valence-corrected chi connectivity index (χ4v) is 3.66. The van der Waals surface area contributed by atoms with Gasteiger partial charge in [-0.2, -0.15) is 0 Å². The zero-order chi connectivity index (χ0) is 11.5. The van der Waals surface area contributed by atoms with Gasteiger partial charge in [0.15, 0.2) is 0 Å². The van der Waals surface area contributed by atoms with Gasteiger partial charge in [0, 0.05) is 16.2 Å². The molecular weight excluding hydrogens is 214 g/mol. The van der Waals surface area contributed by atoms with Crippen molar-refractivity contribution in [3.63, 3.8) is 0 Å². The second-order valence-electron chi connectivity index (χ2n) is 5.05. The Bertz CT molecular complexity index is 333. The molecule has 0 amide bonds. The van der Waals surface area contributed by atoms with Gasteiger partial charge in [-0.1, -0.05) is 24.6 Å². The molecule has 0 heterocycles. The van der Waals surface area contributed by atoms with E-state index in [4.69, 9.17) is 5.73 Å². The SMILES string of the molecule is Cc1ccc(SC2CC(C)CCC2N)cc1. The fourth-order valence-electron chi connectivity index (χ4n) is 2.28. The summed E-state index contributed by atoms with van der Waals surface area (Å²) in [5.74, 6) is 0.836. The molecule has 0 radical (unpaired) electrons. The van der Waals surface area contributed by atoms with Crippen LogP contribution in [0.25, 0.3) is 0 Å². The maximum Gasteiger partial charge on any atom is 0.0248 e. The number of thioether (sulfide) groups is 1. The molecule has 0 saturated heterocycles. The largest absolute Gasteiger partial charge is 0.327 e. The molecule has 2 N–H and O–H groups in total. The molecular formula is C14H21NS. The van der Waals surface area contributed by atoms with Crippen LogP contribution in [0, 0.1) is 12.8 Å². The molecule has 3 atom stereocenters. The molecule has 1 aliphatic rings. The van der Waals surface area contributed by atoms with Crippen LogP contribution in [-0.2, 0) is 0 Å². The fraction of sp³-hybridized carbons (Fsp3) is 0.571. The summed E-state index contributed by atoms with van der Waals surface area (Å²) in [4.78, 5) is 1.36. The smallest absolute Gasteiger partial charge is 0.0248 e. The lowest BCUT2D eigenvalue weighted by molar-refractivity contribution is 0.357. The van der Waals surface area contributed by atoms with Gasteiger partial charge < -0.3 is 5.73 Å². The van der Waals surface area contributed by atoms with Crippen LogP contribution in [0.15, 0.2) is 29.2 Å². The van der Waals surface area contributed by atoms with E-state index in [0.29, 0.717) is 11.3 Å². The number of aryl methyl sites for hydroxylation is 1. The van der Waals surface area contributed by atoms with Crippen LogP contribution in [0.2, 0.25) is 0 Å². The van der Waals surface area contributed by atoms with Crippen molar-refractivity contribution in [1.29, 1.82) is 0 Å². The van der Waals surface area contributed by atoms with Crippen molar-refractivity contribution in [1.82, 2.24) is 0 Å². The highest BCUT2D eigenvalue weighted by molar-refractivity contribution is 8.00. The highest BCUT2D eigenvalue weighted by Crippen LogP contribution is 2.35. The molecule has 88 valence electrons. The van der Waals surface area contributed by atoms with Crippen molar-refractivity contribution >= 4 is 11.8 Å². The van der Waals surface area contributed by atoms with Crippen molar-refractivity contribution in [3.05, 3.63) is 29.8 Å². The van der Waals surface area contributed by atoms with Gasteiger partial charge in [0.2, 0.25) is 0 Å². The van der Waals surface area contributed by atoms with E-state index < -0.39 is 0 Å². The number of benzene rings is 1. The Morgan fingerprint density at radius 3 is 2.56 bits per heavy atom. The maximum atomic E-state index is 6.20. The molecule has 2 heteroatoms. The molecule has 0 bridgehead atoms. The summed E-state index contributed by atoms with van der Waals surface area (Å²) >= 11 is 1.96. The van der Waals surface area contributed by atoms with E-state index in [1.165, 1.54) is 29.7 Å². The number of hydrogen-bond donors (Lipinski definition) is 1. The summed E-state index contributed by atoms with van der Waals surface area (Å²) in [6, 6.07) is 9.17. The second kappa shape index (κ2) is 5.24. The minimum atomic E-state index is 0.377. The Morgan fingerprint density at radius 2 is 1.88 bits per heavy atom. The number of rotatable bonds is 2. The van der Waals surface area contributed by atoms with Gasteiger partial charge in [-0.05, 0) is 44.2 Å². The second-order valence-corrected chi connectivity index (χ2v) is 6.36. The monoisotopic (exact) mass is 235 g/mol. The molecule has 1 aromatic rings. The van der Waals surface area contributed by atoms with Gasteiger partial charge in [0.25, 0.3) is 0 Å². The molecule has 0 aliphatic heterocycles. The van der Waals surface area contributed by atoms with Crippen molar-refractivity contribution in [2.24, 2.45) is 11.7 Å². The lowest BCUT2D eigenvalue weighted by Crippen LogP contribution is -2.37. The molecule has 1 nitrogen and oxygen atoms in total. The Morgan fingerprint density at radius 1 is 1.19 bits per heavy atom. The molecule has 16 heavy (non-hydrogen) atoms. The van der Waals surface area contributed by atoms with Crippen LogP contribution in [0.5, 0.6) is 0 Å². The normalized spacial score (nSPS) is 30.3. The standard InChI is InChI=1S/C14H21NS/c1-10-3-6-12(7-4-10)16-14-9-11(2)5-8-13(14)15/h3-4,6-7,11,13-14H,5,8-9,15H2,1-2H3. The molecule has 1 aromatic carbocycles. The molecule has 3 unspecified atom stereocenters. The van der Waals surface area contributed by atoms with E-state index in [2.05, 4.69) is 38.1 Å². The Labute approximate surface area is 103 Å². The van der Waals surface area contributed by atoms with Crippen LogP contribution in [0.4, 0.5) is 0 Å². The highest BCUT2D eigenvalue weighted by atomic mass is 32.2. The molecule has 0 spiro atoms. The van der Waals surface area contributed by atoms with Crippen LogP contribution < -0.4 is 5.73 Å². The predicted molar refractivity (Wildman–Crippen MR) is 71.8 cm³/mol. The third-order valence-corrected chi connectivity index (χ3v) is 4.80. The lowest BCUT2D eigenvalue weighted by atomic mass is 9.87. The Kier molecular flexibility index (Phi) is 3.93. The van der Waals surface area contributed by atoms with Crippen molar-refractivity contribution < 1.29 is 0 Å². The first-order valence-electron chi connectivity index (χ1n) is 6.14. The third-order valence-electron chi connectivity index (χ3n) is 3.41. The van der Waals surface area contributed by atoms with Gasteiger partial charge in [-0.25, -0.2) is 0 Å². The average molecular weight is 235 g/mol. The minimum Gasteiger partial charge on any atom is -0.327 e. The van der Waals surface area contributed by atoms with E-state index in [1.807, 2.05) is 11.8 Å². The van der Waals surface area contributed by atoms with E-state index >= 15 is 0 Å². The van der Waals surface area contributed by atoms with E-state index in [0.717, 1.165) is 5.92 Å². The Balaban J connectivity index is 2.00. The molecule has 1 fully saturated rings. The van der Waals surface area contributed by atoms with Gasteiger partial charge in [0.05, 0.1) is 0 Å². The number of nitrogens with two attached hydrogens (primary N) is 1. The van der Waals surface area contributed by atoms with Crippen molar-refractivity contribution in [2.45, 2.75) is 49.3 Å². The van der Waals surface area contributed by atoms with Gasteiger partial charge >= 0.3 is 0 Å². The highest BCUT2D eigenvalue weighted by Gasteiger charge is 2.26. The van der Waals surface area contributed by atoms with Gasteiger partial charge in [-0.3, -0.25) is 0 Å². The third kappa shape index (κ3) is 3.02. The summed E-state index contributed by atoms with van der Waals surface area (Å²) in [5.41, 5.74) is 7.52. The summed E-state index contributed by atoms with van der Waals surface area (Å²) < 4.78 is 0. The maximum absolute atomic E-state index is 6.20. The molecule has 1 aliphatic carbocycles. The van der Waals surface area contributed by atoms with Crippen molar-refractivity contribution in [3.8, 4) is 0 Å². The average Bonchev–Trinajstić information content (AvgIpc) is 2.27. The van der Waals surface area contributed by atoms with E-state index in [-0.39, 0.29) is 0 Å².